The fourth-order valence-electron chi connectivity index (χ4n) is 0.971. The Morgan fingerprint density at radius 1 is 1.29 bits per heavy atom. The summed E-state index contributed by atoms with van der Waals surface area (Å²) in [5.74, 6) is 2.47. The fraction of sp³-hybridized carbons (Fsp3) is 0.182. The first-order valence-electron chi connectivity index (χ1n) is 4.18. The van der Waals surface area contributed by atoms with E-state index in [9.17, 15) is 0 Å². The molecule has 14 heavy (non-hydrogen) atoms. The molecule has 0 amide bonds. The predicted octanol–water partition coefficient (Wildman–Crippen LogP) is 2.41. The molecule has 0 spiro atoms. The lowest BCUT2D eigenvalue weighted by Gasteiger charge is -1.97. The van der Waals surface area contributed by atoms with Crippen molar-refractivity contribution < 1.29 is 0 Å². The number of aryl methyl sites for hydroxylation is 1. The summed E-state index contributed by atoms with van der Waals surface area (Å²) in [6.07, 6.45) is 5.30. The van der Waals surface area contributed by atoms with Crippen molar-refractivity contribution in [3.05, 3.63) is 35.4 Å². The van der Waals surface area contributed by atoms with Crippen molar-refractivity contribution in [2.75, 3.05) is 7.05 Å². The highest BCUT2D eigenvalue weighted by molar-refractivity contribution is 6.12. The third-order valence-corrected chi connectivity index (χ3v) is 1.70. The molecule has 3 heteroatoms. The van der Waals surface area contributed by atoms with Crippen molar-refractivity contribution >= 4 is 5.71 Å². The van der Waals surface area contributed by atoms with E-state index in [-0.39, 0.29) is 0 Å². The molecule has 0 radical (unpaired) electrons. The van der Waals surface area contributed by atoms with Crippen LogP contribution in [0, 0.1) is 19.3 Å². The lowest BCUT2D eigenvalue weighted by atomic mass is 10.1. The van der Waals surface area contributed by atoms with Gasteiger partial charge in [-0.3, -0.25) is 0 Å². The molecule has 0 atom stereocenters. The first kappa shape index (κ1) is 10.1. The largest absolute Gasteiger partial charge is 0.172 e. The quantitative estimate of drug-likeness (QED) is 0.294. The summed E-state index contributed by atoms with van der Waals surface area (Å²) in [5, 5.41) is 10.8. The molecular weight excluding hydrogens is 174 g/mol. The third kappa shape index (κ3) is 2.53. The van der Waals surface area contributed by atoms with Crippen molar-refractivity contribution in [1.82, 2.24) is 0 Å². The molecule has 0 N–H and O–H groups in total. The second-order valence-corrected chi connectivity index (χ2v) is 2.75. The first-order chi connectivity index (χ1) is 6.77. The summed E-state index contributed by atoms with van der Waals surface area (Å²) in [6.45, 7) is 2.02. The molecule has 1 rings (SSSR count). The number of terminal acetylenes is 1. The summed E-state index contributed by atoms with van der Waals surface area (Å²) in [7, 11) is 1.55. The van der Waals surface area contributed by atoms with Gasteiger partial charge in [-0.05, 0) is 18.1 Å². The molecule has 0 unspecified atom stereocenters. The van der Waals surface area contributed by atoms with Gasteiger partial charge in [-0.15, -0.1) is 11.5 Å². The van der Waals surface area contributed by atoms with E-state index >= 15 is 0 Å². The number of hydrogen-bond acceptors (Lipinski definition) is 2. The van der Waals surface area contributed by atoms with Crippen LogP contribution in [0.5, 0.6) is 0 Å². The average Bonchev–Trinajstić information content (AvgIpc) is 2.21. The third-order valence-electron chi connectivity index (χ3n) is 1.70. The maximum Gasteiger partial charge on any atom is 0.144 e. The Labute approximate surface area is 83.6 Å². The van der Waals surface area contributed by atoms with Crippen LogP contribution in [0.25, 0.3) is 0 Å². The predicted molar refractivity (Wildman–Crippen MR) is 57.3 cm³/mol. The second-order valence-electron chi connectivity index (χ2n) is 2.75. The van der Waals surface area contributed by atoms with Crippen molar-refractivity contribution in [3.63, 3.8) is 0 Å². The second kappa shape index (κ2) is 4.93. The Balaban J connectivity index is 3.03. The van der Waals surface area contributed by atoms with E-state index in [4.69, 9.17) is 6.42 Å². The molecule has 0 saturated heterocycles. The lowest BCUT2D eigenvalue weighted by molar-refractivity contribution is 1.02. The molecule has 0 aliphatic rings. The van der Waals surface area contributed by atoms with Gasteiger partial charge in [0, 0.05) is 5.56 Å². The summed E-state index contributed by atoms with van der Waals surface area (Å²) in [5.41, 5.74) is 2.56. The number of rotatable bonds is 2. The van der Waals surface area contributed by atoms with Gasteiger partial charge in [0.05, 0.1) is 7.05 Å². The van der Waals surface area contributed by atoms with E-state index < -0.39 is 0 Å². The molecule has 0 bridgehead atoms. The van der Waals surface area contributed by atoms with Gasteiger partial charge in [-0.2, -0.15) is 5.11 Å². The molecule has 0 heterocycles. The van der Waals surface area contributed by atoms with E-state index in [2.05, 4.69) is 21.4 Å². The summed E-state index contributed by atoms with van der Waals surface area (Å²) < 4.78 is 0. The van der Waals surface area contributed by atoms with Gasteiger partial charge in [0.1, 0.15) is 5.71 Å². The maximum absolute atomic E-state index is 5.30. The number of benzene rings is 1. The van der Waals surface area contributed by atoms with Crippen molar-refractivity contribution in [2.45, 2.75) is 6.92 Å². The van der Waals surface area contributed by atoms with Gasteiger partial charge in [0.2, 0.25) is 0 Å². The minimum atomic E-state index is 0.496. The van der Waals surface area contributed by atoms with Crippen molar-refractivity contribution in [3.8, 4) is 12.3 Å². The average molecular weight is 185 g/mol. The molecule has 1 aromatic rings. The van der Waals surface area contributed by atoms with E-state index in [1.165, 1.54) is 5.56 Å². The van der Waals surface area contributed by atoms with Gasteiger partial charge in [0.25, 0.3) is 0 Å². The van der Waals surface area contributed by atoms with Crippen LogP contribution in [0.1, 0.15) is 11.1 Å². The van der Waals surface area contributed by atoms with Gasteiger partial charge in [-0.25, -0.2) is 0 Å². The minimum absolute atomic E-state index is 0.496. The van der Waals surface area contributed by atoms with Crippen LogP contribution in [0.3, 0.4) is 0 Å². The molecule has 0 aliphatic heterocycles. The Bertz CT molecular complexity index is 394. The Morgan fingerprint density at radius 2 is 1.93 bits per heavy atom. The Kier molecular flexibility index (Phi) is 3.57. The summed E-state index contributed by atoms with van der Waals surface area (Å²) in [6, 6.07) is 7.79. The summed E-state index contributed by atoms with van der Waals surface area (Å²) >= 11 is 0. The Hall–Kier alpha value is -1.95. The van der Waals surface area contributed by atoms with Crippen LogP contribution in [0.2, 0.25) is 0 Å². The molecule has 0 fully saturated rings. The van der Waals surface area contributed by atoms with E-state index in [1.807, 2.05) is 31.2 Å². The van der Waals surface area contributed by atoms with Gasteiger partial charge < -0.3 is 0 Å². The topological polar surface area (TPSA) is 37.1 Å². The highest BCUT2D eigenvalue weighted by Gasteiger charge is 1.98. The van der Waals surface area contributed by atoms with Crippen molar-refractivity contribution in [2.24, 2.45) is 15.4 Å². The fourth-order valence-corrected chi connectivity index (χ4v) is 0.971. The van der Waals surface area contributed by atoms with Crippen LogP contribution in [0.4, 0.5) is 0 Å². The smallest absolute Gasteiger partial charge is 0.144 e. The first-order valence-corrected chi connectivity index (χ1v) is 4.18. The zero-order valence-electron chi connectivity index (χ0n) is 8.23. The standard InChI is InChI=1S/C11H11N3/c1-4-11(13-14-12-3)10-7-5-9(2)6-8-10/h1,5-8H,2-3H3/b13-11+,14-12-. The molecule has 0 aromatic heterocycles. The van der Waals surface area contributed by atoms with Gasteiger partial charge in [-0.1, -0.05) is 29.8 Å². The van der Waals surface area contributed by atoms with Crippen LogP contribution in [0.15, 0.2) is 39.7 Å². The molecule has 0 saturated carbocycles. The SMILES string of the molecule is C#C/C(=N\N=N/C)c1ccc(C)cc1. The van der Waals surface area contributed by atoms with Gasteiger partial charge in [0.15, 0.2) is 0 Å². The monoisotopic (exact) mass is 185 g/mol. The van der Waals surface area contributed by atoms with Crippen LogP contribution in [-0.2, 0) is 0 Å². The van der Waals surface area contributed by atoms with Crippen molar-refractivity contribution in [1.29, 1.82) is 0 Å². The molecule has 3 nitrogen and oxygen atoms in total. The van der Waals surface area contributed by atoms with E-state index in [1.54, 1.807) is 7.05 Å². The van der Waals surface area contributed by atoms with E-state index in [0.717, 1.165) is 5.56 Å². The van der Waals surface area contributed by atoms with Crippen LogP contribution in [-0.4, -0.2) is 12.8 Å². The van der Waals surface area contributed by atoms with E-state index in [0.29, 0.717) is 5.71 Å². The highest BCUT2D eigenvalue weighted by atomic mass is 15.4. The maximum atomic E-state index is 5.30. The van der Waals surface area contributed by atoms with Gasteiger partial charge >= 0.3 is 0 Å². The zero-order chi connectivity index (χ0) is 10.4. The van der Waals surface area contributed by atoms with Crippen LogP contribution >= 0.6 is 0 Å². The highest BCUT2D eigenvalue weighted by Crippen LogP contribution is 2.04. The number of nitrogens with zero attached hydrogens (tertiary/aromatic N) is 3. The van der Waals surface area contributed by atoms with Crippen LogP contribution < -0.4 is 0 Å². The molecule has 0 aliphatic carbocycles. The molecule has 1 aromatic carbocycles. The lowest BCUT2D eigenvalue weighted by Crippen LogP contribution is -1.95. The normalized spacial score (nSPS) is 11.6. The molecular formula is C11H11N3. The molecule has 70 valence electrons. The minimum Gasteiger partial charge on any atom is -0.172 e. The Morgan fingerprint density at radius 3 is 2.43 bits per heavy atom. The number of hydrogen-bond donors (Lipinski definition) is 0. The zero-order valence-corrected chi connectivity index (χ0v) is 8.23. The summed E-state index contributed by atoms with van der Waals surface area (Å²) in [4.78, 5) is 0.